The third-order valence-corrected chi connectivity index (χ3v) is 4.19. The van der Waals surface area contributed by atoms with Crippen molar-refractivity contribution in [1.82, 2.24) is 0 Å². The van der Waals surface area contributed by atoms with Crippen molar-refractivity contribution in [2.24, 2.45) is 0 Å². The molecule has 0 amide bonds. The number of hydrogen-bond acceptors (Lipinski definition) is 2. The summed E-state index contributed by atoms with van der Waals surface area (Å²) >= 11 is 0. The molecule has 0 saturated heterocycles. The topological polar surface area (TPSA) is 27.0 Å². The maximum absolute atomic E-state index is 8.56. The lowest BCUT2D eigenvalue weighted by molar-refractivity contribution is 0.443. The van der Waals surface area contributed by atoms with Crippen molar-refractivity contribution in [2.45, 2.75) is 50.9 Å². The Labute approximate surface area is 117 Å². The first-order chi connectivity index (χ1) is 9.31. The fraction of sp³-hybridized carbons (Fsp3) is 0.588. The summed E-state index contributed by atoms with van der Waals surface area (Å²) in [4.78, 5) is 2.24. The lowest BCUT2D eigenvalue weighted by Crippen LogP contribution is -2.18. The largest absolute Gasteiger partial charge is 0.375 e. The van der Waals surface area contributed by atoms with Crippen LogP contribution < -0.4 is 4.90 Å². The van der Waals surface area contributed by atoms with E-state index in [1.54, 1.807) is 0 Å². The quantitative estimate of drug-likeness (QED) is 0.726. The van der Waals surface area contributed by atoms with E-state index in [2.05, 4.69) is 42.3 Å². The predicted molar refractivity (Wildman–Crippen MR) is 80.4 cm³/mol. The van der Waals surface area contributed by atoms with Gasteiger partial charge in [0.05, 0.1) is 6.07 Å². The van der Waals surface area contributed by atoms with Crippen molar-refractivity contribution in [2.75, 3.05) is 18.5 Å². The zero-order valence-electron chi connectivity index (χ0n) is 11.9. The highest BCUT2D eigenvalue weighted by Gasteiger charge is 2.15. The van der Waals surface area contributed by atoms with Crippen LogP contribution in [0.2, 0.25) is 0 Å². The molecule has 0 atom stereocenters. The van der Waals surface area contributed by atoms with Gasteiger partial charge in [0.25, 0.3) is 0 Å². The average molecular weight is 256 g/mol. The average Bonchev–Trinajstić information content (AvgIpc) is 2.48. The molecule has 1 aromatic rings. The third kappa shape index (κ3) is 3.99. The van der Waals surface area contributed by atoms with E-state index < -0.39 is 0 Å². The Morgan fingerprint density at radius 2 is 1.84 bits per heavy atom. The molecular formula is C17H24N2. The highest BCUT2D eigenvalue weighted by molar-refractivity contribution is 5.47. The van der Waals surface area contributed by atoms with Gasteiger partial charge < -0.3 is 4.90 Å². The van der Waals surface area contributed by atoms with E-state index in [1.807, 2.05) is 0 Å². The molecule has 102 valence electrons. The molecule has 0 bridgehead atoms. The van der Waals surface area contributed by atoms with Gasteiger partial charge in [0, 0.05) is 25.7 Å². The minimum Gasteiger partial charge on any atom is -0.375 e. The molecule has 1 aromatic carbocycles. The molecule has 2 heteroatoms. The molecular weight excluding hydrogens is 232 g/mol. The first-order valence-electron chi connectivity index (χ1n) is 7.49. The lowest BCUT2D eigenvalue weighted by atomic mass is 9.84. The van der Waals surface area contributed by atoms with Crippen molar-refractivity contribution < 1.29 is 0 Å². The molecule has 1 saturated carbocycles. The van der Waals surface area contributed by atoms with Crippen molar-refractivity contribution in [3.05, 3.63) is 29.8 Å². The van der Waals surface area contributed by atoms with Crippen LogP contribution in [0.5, 0.6) is 0 Å². The van der Waals surface area contributed by atoms with E-state index in [0.717, 1.165) is 18.9 Å². The van der Waals surface area contributed by atoms with Gasteiger partial charge >= 0.3 is 0 Å². The van der Waals surface area contributed by atoms with Crippen LogP contribution in [-0.2, 0) is 0 Å². The molecule has 0 heterocycles. The van der Waals surface area contributed by atoms with Gasteiger partial charge in [-0.2, -0.15) is 5.26 Å². The van der Waals surface area contributed by atoms with Crippen LogP contribution in [0.1, 0.15) is 56.4 Å². The second-order valence-electron chi connectivity index (χ2n) is 5.61. The number of anilines is 1. The number of unbranched alkanes of at least 4 members (excludes halogenated alkanes) is 1. The Morgan fingerprint density at radius 1 is 1.16 bits per heavy atom. The molecule has 2 nitrogen and oxygen atoms in total. The maximum Gasteiger partial charge on any atom is 0.0622 e. The molecule has 2 rings (SSSR count). The highest BCUT2D eigenvalue weighted by atomic mass is 15.1. The van der Waals surface area contributed by atoms with E-state index in [0.29, 0.717) is 6.42 Å². The van der Waals surface area contributed by atoms with Crippen molar-refractivity contribution in [1.29, 1.82) is 5.26 Å². The van der Waals surface area contributed by atoms with Crippen molar-refractivity contribution >= 4 is 5.69 Å². The summed E-state index contributed by atoms with van der Waals surface area (Å²) in [7, 11) is 2.10. The zero-order chi connectivity index (χ0) is 13.5. The Bertz CT molecular complexity index is 410. The molecule has 0 aromatic heterocycles. The van der Waals surface area contributed by atoms with Gasteiger partial charge in [0.1, 0.15) is 0 Å². The molecule has 1 aliphatic rings. The van der Waals surface area contributed by atoms with Crippen LogP contribution >= 0.6 is 0 Å². The summed E-state index contributed by atoms with van der Waals surface area (Å²) in [5, 5.41) is 8.56. The summed E-state index contributed by atoms with van der Waals surface area (Å²) in [5.74, 6) is 0.784. The van der Waals surface area contributed by atoms with Gasteiger partial charge in [0.15, 0.2) is 0 Å². The maximum atomic E-state index is 8.56. The number of nitrogens with zero attached hydrogens (tertiary/aromatic N) is 2. The van der Waals surface area contributed by atoms with Gasteiger partial charge in [-0.25, -0.2) is 0 Å². The molecule has 0 aliphatic heterocycles. The second-order valence-corrected chi connectivity index (χ2v) is 5.61. The van der Waals surface area contributed by atoms with Crippen LogP contribution in [0, 0.1) is 11.3 Å². The molecule has 1 aliphatic carbocycles. The Balaban J connectivity index is 1.92. The smallest absolute Gasteiger partial charge is 0.0622 e. The van der Waals surface area contributed by atoms with Crippen LogP contribution in [0.15, 0.2) is 24.3 Å². The number of rotatable bonds is 5. The fourth-order valence-corrected chi connectivity index (χ4v) is 2.96. The summed E-state index contributed by atoms with van der Waals surface area (Å²) in [6.07, 6.45) is 8.49. The van der Waals surface area contributed by atoms with E-state index in [9.17, 15) is 0 Å². The minimum absolute atomic E-state index is 0.643. The van der Waals surface area contributed by atoms with Crippen molar-refractivity contribution in [3.63, 3.8) is 0 Å². The van der Waals surface area contributed by atoms with Gasteiger partial charge in [-0.15, -0.1) is 0 Å². The third-order valence-electron chi connectivity index (χ3n) is 4.19. The predicted octanol–water partition coefficient (Wildman–Crippen LogP) is 4.47. The number of nitriles is 1. The molecule has 0 spiro atoms. The summed E-state index contributed by atoms with van der Waals surface area (Å²) in [6, 6.07) is 11.3. The SMILES string of the molecule is CN(CCCC#N)c1ccc(C2CCCCC2)cc1. The van der Waals surface area contributed by atoms with Gasteiger partial charge in [-0.05, 0) is 42.9 Å². The first-order valence-corrected chi connectivity index (χ1v) is 7.49. The molecule has 0 radical (unpaired) electrons. The van der Waals surface area contributed by atoms with E-state index in [4.69, 9.17) is 5.26 Å². The molecule has 19 heavy (non-hydrogen) atoms. The second kappa shape index (κ2) is 7.19. The standard InChI is InChI=1S/C17H24N2/c1-19(14-6-5-13-18)17-11-9-16(10-12-17)15-7-3-2-4-8-15/h9-12,15H,2-8,14H2,1H3. The van der Waals surface area contributed by atoms with Crippen LogP contribution in [0.4, 0.5) is 5.69 Å². The normalized spacial score (nSPS) is 16.0. The van der Waals surface area contributed by atoms with Gasteiger partial charge in [-0.1, -0.05) is 31.4 Å². The molecule has 0 unspecified atom stereocenters. The lowest BCUT2D eigenvalue weighted by Gasteiger charge is -2.23. The van der Waals surface area contributed by atoms with Crippen LogP contribution in [0.3, 0.4) is 0 Å². The van der Waals surface area contributed by atoms with E-state index >= 15 is 0 Å². The van der Waals surface area contributed by atoms with Crippen LogP contribution in [0.25, 0.3) is 0 Å². The molecule has 1 fully saturated rings. The Morgan fingerprint density at radius 3 is 2.47 bits per heavy atom. The fourth-order valence-electron chi connectivity index (χ4n) is 2.96. The Hall–Kier alpha value is -1.49. The van der Waals surface area contributed by atoms with Crippen molar-refractivity contribution in [3.8, 4) is 6.07 Å². The first kappa shape index (κ1) is 13.9. The summed E-state index contributed by atoms with van der Waals surface area (Å²) in [5.41, 5.74) is 2.77. The van der Waals surface area contributed by atoms with Crippen LogP contribution in [-0.4, -0.2) is 13.6 Å². The summed E-state index contributed by atoms with van der Waals surface area (Å²) in [6.45, 7) is 0.955. The highest BCUT2D eigenvalue weighted by Crippen LogP contribution is 2.33. The summed E-state index contributed by atoms with van der Waals surface area (Å²) < 4.78 is 0. The minimum atomic E-state index is 0.643. The Kier molecular flexibility index (Phi) is 5.27. The van der Waals surface area contributed by atoms with E-state index in [-0.39, 0.29) is 0 Å². The van der Waals surface area contributed by atoms with Gasteiger partial charge in [0.2, 0.25) is 0 Å². The number of hydrogen-bond donors (Lipinski definition) is 0. The van der Waals surface area contributed by atoms with E-state index in [1.165, 1.54) is 43.4 Å². The monoisotopic (exact) mass is 256 g/mol. The van der Waals surface area contributed by atoms with Gasteiger partial charge in [-0.3, -0.25) is 0 Å². The zero-order valence-corrected chi connectivity index (χ0v) is 11.9. The molecule has 0 N–H and O–H groups in total. The number of benzene rings is 1.